The number of carbonyl (C=O) groups is 2. The Morgan fingerprint density at radius 2 is 1.24 bits per heavy atom. The number of Topliss-reactive ketones (excluding diaryl/α,β-unsaturated/α-hetero) is 1. The highest BCUT2D eigenvalue weighted by Gasteiger charge is 2.00. The normalized spacial score (nSPS) is 10.6. The van der Waals surface area contributed by atoms with Gasteiger partial charge in [0.15, 0.2) is 0 Å². The van der Waals surface area contributed by atoms with Crippen LogP contribution >= 0.6 is 0 Å². The molecule has 0 heterocycles. The van der Waals surface area contributed by atoms with Crippen LogP contribution in [0.1, 0.15) is 77.6 Å². The van der Waals surface area contributed by atoms with Crippen LogP contribution in [0.2, 0.25) is 0 Å². The molecule has 0 aliphatic carbocycles. The van der Waals surface area contributed by atoms with Crippen LogP contribution < -0.4 is 10.6 Å². The van der Waals surface area contributed by atoms with E-state index >= 15 is 0 Å². The summed E-state index contributed by atoms with van der Waals surface area (Å²) in [6.45, 7) is 3.46. The minimum atomic E-state index is 0.190. The van der Waals surface area contributed by atoms with Gasteiger partial charge in [-0.3, -0.25) is 4.79 Å². The Hall–Kier alpha value is -0.900. The molecule has 0 aromatic carbocycles. The molecule has 0 aliphatic heterocycles. The molecule has 124 valence electrons. The lowest BCUT2D eigenvalue weighted by Gasteiger charge is -2.05. The summed E-state index contributed by atoms with van der Waals surface area (Å²) in [4.78, 5) is 22.3. The number of unbranched alkanes of at least 4 members (excludes halogenated alkanes) is 7. The molecule has 0 spiro atoms. The average Bonchev–Trinajstić information content (AvgIpc) is 2.45. The first-order valence-corrected chi connectivity index (χ1v) is 8.57. The van der Waals surface area contributed by atoms with Crippen molar-refractivity contribution in [2.75, 3.05) is 20.1 Å². The highest BCUT2D eigenvalue weighted by atomic mass is 16.1. The van der Waals surface area contributed by atoms with E-state index in [2.05, 4.69) is 10.6 Å². The third-order valence-electron chi connectivity index (χ3n) is 3.61. The number of amides is 1. The summed E-state index contributed by atoms with van der Waals surface area (Å²) in [5.74, 6) is 0.493. The van der Waals surface area contributed by atoms with Crippen molar-refractivity contribution < 1.29 is 9.59 Å². The van der Waals surface area contributed by atoms with Crippen LogP contribution in [0.15, 0.2) is 0 Å². The average molecular weight is 298 g/mol. The first kappa shape index (κ1) is 20.1. The molecule has 0 aromatic rings. The van der Waals surface area contributed by atoms with Crippen LogP contribution in [0.3, 0.4) is 0 Å². The van der Waals surface area contributed by atoms with Gasteiger partial charge in [-0.15, -0.1) is 0 Å². The van der Waals surface area contributed by atoms with E-state index in [1.807, 2.05) is 7.05 Å². The molecule has 4 nitrogen and oxygen atoms in total. The summed E-state index contributed by atoms with van der Waals surface area (Å²) in [5.41, 5.74) is 0. The monoisotopic (exact) mass is 298 g/mol. The van der Waals surface area contributed by atoms with Crippen LogP contribution in [0.4, 0.5) is 0 Å². The van der Waals surface area contributed by atoms with Crippen LogP contribution in [0, 0.1) is 0 Å². The molecule has 21 heavy (non-hydrogen) atoms. The summed E-state index contributed by atoms with van der Waals surface area (Å²) in [5, 5.41) is 6.07. The third kappa shape index (κ3) is 17.0. The van der Waals surface area contributed by atoms with Gasteiger partial charge in [0, 0.05) is 19.4 Å². The zero-order valence-electron chi connectivity index (χ0n) is 14.0. The fraction of sp³-hybridized carbons (Fsp3) is 0.882. The smallest absolute Gasteiger partial charge is 0.219 e. The molecule has 0 rings (SSSR count). The van der Waals surface area contributed by atoms with Crippen molar-refractivity contribution >= 4 is 11.7 Å². The van der Waals surface area contributed by atoms with Crippen molar-refractivity contribution in [3.05, 3.63) is 0 Å². The largest absolute Gasteiger partial charge is 0.356 e. The van der Waals surface area contributed by atoms with Crippen LogP contribution in [0.5, 0.6) is 0 Å². The van der Waals surface area contributed by atoms with Gasteiger partial charge in [0.2, 0.25) is 5.91 Å². The molecule has 0 unspecified atom stereocenters. The van der Waals surface area contributed by atoms with Gasteiger partial charge in [-0.2, -0.15) is 0 Å². The quantitative estimate of drug-likeness (QED) is 0.456. The maximum atomic E-state index is 11.5. The van der Waals surface area contributed by atoms with Gasteiger partial charge in [0.05, 0.1) is 0 Å². The SMILES string of the molecule is CNCCCCC(=O)NCCCCCCCCCC(C)=O. The van der Waals surface area contributed by atoms with Crippen molar-refractivity contribution in [2.24, 2.45) is 0 Å². The van der Waals surface area contributed by atoms with Crippen molar-refractivity contribution in [3.8, 4) is 0 Å². The van der Waals surface area contributed by atoms with Crippen molar-refractivity contribution in [2.45, 2.75) is 77.6 Å². The lowest BCUT2D eigenvalue weighted by molar-refractivity contribution is -0.121. The van der Waals surface area contributed by atoms with Crippen LogP contribution in [0.25, 0.3) is 0 Å². The molecule has 0 bridgehead atoms. The summed E-state index contributed by atoms with van der Waals surface area (Å²) in [6.07, 6.45) is 11.6. The molecule has 0 atom stereocenters. The Bertz CT molecular complexity index is 268. The molecule has 0 aliphatic rings. The summed E-state index contributed by atoms with van der Waals surface area (Å²) in [7, 11) is 1.93. The molecule has 0 radical (unpaired) electrons. The van der Waals surface area contributed by atoms with Gasteiger partial charge >= 0.3 is 0 Å². The Kier molecular flexibility index (Phi) is 14.8. The Morgan fingerprint density at radius 1 is 0.714 bits per heavy atom. The first-order valence-electron chi connectivity index (χ1n) is 8.57. The van der Waals surface area contributed by atoms with Gasteiger partial charge in [0.25, 0.3) is 0 Å². The fourth-order valence-corrected chi connectivity index (χ4v) is 2.29. The Balaban J connectivity index is 3.14. The summed E-state index contributed by atoms with van der Waals surface area (Å²) >= 11 is 0. The molecule has 1 amide bonds. The van der Waals surface area contributed by atoms with E-state index in [1.54, 1.807) is 6.92 Å². The van der Waals surface area contributed by atoms with Gasteiger partial charge < -0.3 is 15.4 Å². The van der Waals surface area contributed by atoms with E-state index in [1.165, 1.54) is 32.1 Å². The second-order valence-corrected chi connectivity index (χ2v) is 5.84. The number of ketones is 1. The minimum absolute atomic E-state index is 0.190. The van der Waals surface area contributed by atoms with E-state index < -0.39 is 0 Å². The zero-order chi connectivity index (χ0) is 15.8. The highest BCUT2D eigenvalue weighted by Crippen LogP contribution is 2.08. The molecule has 0 saturated heterocycles. The highest BCUT2D eigenvalue weighted by molar-refractivity contribution is 5.75. The summed E-state index contributed by atoms with van der Waals surface area (Å²) in [6, 6.07) is 0. The topological polar surface area (TPSA) is 58.2 Å². The van der Waals surface area contributed by atoms with Crippen molar-refractivity contribution in [1.82, 2.24) is 10.6 Å². The Labute approximate surface area is 130 Å². The minimum Gasteiger partial charge on any atom is -0.356 e. The molecule has 0 fully saturated rings. The number of hydrogen-bond acceptors (Lipinski definition) is 3. The predicted molar refractivity (Wildman–Crippen MR) is 88.4 cm³/mol. The molecule has 4 heteroatoms. The Morgan fingerprint density at radius 3 is 1.86 bits per heavy atom. The molecule has 0 aromatic heterocycles. The number of hydrogen-bond donors (Lipinski definition) is 2. The molecular formula is C17H34N2O2. The fourth-order valence-electron chi connectivity index (χ4n) is 2.29. The zero-order valence-corrected chi connectivity index (χ0v) is 14.0. The van der Waals surface area contributed by atoms with Crippen molar-refractivity contribution in [1.29, 1.82) is 0 Å². The van der Waals surface area contributed by atoms with E-state index in [-0.39, 0.29) is 5.91 Å². The maximum absolute atomic E-state index is 11.5. The van der Waals surface area contributed by atoms with Gasteiger partial charge in [-0.1, -0.05) is 32.1 Å². The van der Waals surface area contributed by atoms with E-state index in [0.717, 1.165) is 45.2 Å². The molecule has 2 N–H and O–H groups in total. The van der Waals surface area contributed by atoms with Crippen LogP contribution in [-0.4, -0.2) is 31.8 Å². The second-order valence-electron chi connectivity index (χ2n) is 5.84. The third-order valence-corrected chi connectivity index (χ3v) is 3.61. The van der Waals surface area contributed by atoms with Gasteiger partial charge in [-0.25, -0.2) is 0 Å². The first-order chi connectivity index (χ1) is 10.2. The summed E-state index contributed by atoms with van der Waals surface area (Å²) < 4.78 is 0. The van der Waals surface area contributed by atoms with E-state index in [0.29, 0.717) is 12.2 Å². The number of nitrogens with one attached hydrogen (secondary N) is 2. The standard InChI is InChI=1S/C17H34N2O2/c1-16(20)12-8-6-4-3-5-7-10-15-19-17(21)13-9-11-14-18-2/h18H,3-15H2,1-2H3,(H,19,21). The second kappa shape index (κ2) is 15.5. The molecule has 0 saturated carbocycles. The van der Waals surface area contributed by atoms with E-state index in [9.17, 15) is 9.59 Å². The lowest BCUT2D eigenvalue weighted by atomic mass is 10.1. The van der Waals surface area contributed by atoms with Crippen LogP contribution in [-0.2, 0) is 9.59 Å². The number of rotatable bonds is 15. The van der Waals surface area contributed by atoms with Crippen molar-refractivity contribution in [3.63, 3.8) is 0 Å². The van der Waals surface area contributed by atoms with Gasteiger partial charge in [-0.05, 0) is 46.2 Å². The molecular weight excluding hydrogens is 264 g/mol. The predicted octanol–water partition coefficient (Wildman–Crippen LogP) is 3.20. The lowest BCUT2D eigenvalue weighted by Crippen LogP contribution is -2.24. The maximum Gasteiger partial charge on any atom is 0.219 e. The number of carbonyl (C=O) groups excluding carboxylic acids is 2. The van der Waals surface area contributed by atoms with Gasteiger partial charge in [0.1, 0.15) is 5.78 Å². The van der Waals surface area contributed by atoms with E-state index in [4.69, 9.17) is 0 Å².